The van der Waals surface area contributed by atoms with Gasteiger partial charge in [-0.05, 0) is 23.8 Å². The summed E-state index contributed by atoms with van der Waals surface area (Å²) < 4.78 is 18.9. The van der Waals surface area contributed by atoms with E-state index in [-0.39, 0.29) is 25.1 Å². The summed E-state index contributed by atoms with van der Waals surface area (Å²) in [5, 5.41) is 8.94. The molecule has 0 aromatic heterocycles. The van der Waals surface area contributed by atoms with Crippen molar-refractivity contribution in [2.75, 3.05) is 6.61 Å². The van der Waals surface area contributed by atoms with Gasteiger partial charge in [0.15, 0.2) is 0 Å². The van der Waals surface area contributed by atoms with Crippen LogP contribution >= 0.6 is 0 Å². The molecule has 1 atom stereocenters. The van der Waals surface area contributed by atoms with Crippen molar-refractivity contribution in [1.82, 2.24) is 0 Å². The lowest BCUT2D eigenvalue weighted by molar-refractivity contribution is 0.267. The number of ether oxygens (including phenoxy) is 1. The largest absolute Gasteiger partial charge is 0.489 e. The van der Waals surface area contributed by atoms with E-state index in [9.17, 15) is 4.39 Å². The van der Waals surface area contributed by atoms with Crippen molar-refractivity contribution in [3.05, 3.63) is 65.5 Å². The van der Waals surface area contributed by atoms with Crippen LogP contribution in [0.15, 0.2) is 48.5 Å². The van der Waals surface area contributed by atoms with E-state index in [1.54, 1.807) is 42.5 Å². The fourth-order valence-corrected chi connectivity index (χ4v) is 1.69. The lowest BCUT2D eigenvalue weighted by atomic mass is 10.1. The summed E-state index contributed by atoms with van der Waals surface area (Å²) in [6, 6.07) is 13.2. The third-order valence-corrected chi connectivity index (χ3v) is 2.86. The molecule has 0 aliphatic carbocycles. The fraction of sp³-hybridized carbons (Fsp3) is 0.200. The first-order valence-electron chi connectivity index (χ1n) is 6.03. The first-order valence-corrected chi connectivity index (χ1v) is 6.03. The van der Waals surface area contributed by atoms with Crippen molar-refractivity contribution in [2.45, 2.75) is 12.6 Å². The standard InChI is InChI=1S/C15H16FNO2/c16-14-4-2-1-3-12(14)10-19-13-7-5-11(6-8-13)15(17)9-18/h1-8,15,18H,9-10,17H2. The number of nitrogens with two attached hydrogens (primary N) is 1. The predicted octanol–water partition coefficient (Wildman–Crippen LogP) is 2.40. The molecule has 0 radical (unpaired) electrons. The fourth-order valence-electron chi connectivity index (χ4n) is 1.69. The van der Waals surface area contributed by atoms with Gasteiger partial charge in [0.05, 0.1) is 12.6 Å². The van der Waals surface area contributed by atoms with Crippen LogP contribution in [0.2, 0.25) is 0 Å². The number of aliphatic hydroxyl groups is 1. The molecule has 0 saturated carbocycles. The number of hydrogen-bond acceptors (Lipinski definition) is 3. The maximum atomic E-state index is 13.4. The maximum Gasteiger partial charge on any atom is 0.129 e. The summed E-state index contributed by atoms with van der Waals surface area (Å²) in [5.74, 6) is 0.360. The second-order valence-corrected chi connectivity index (χ2v) is 4.24. The zero-order valence-corrected chi connectivity index (χ0v) is 10.4. The normalized spacial score (nSPS) is 12.2. The molecule has 3 nitrogen and oxygen atoms in total. The Kier molecular flexibility index (Phi) is 4.49. The minimum Gasteiger partial charge on any atom is -0.489 e. The van der Waals surface area contributed by atoms with Gasteiger partial charge in [-0.3, -0.25) is 0 Å². The highest BCUT2D eigenvalue weighted by atomic mass is 19.1. The minimum absolute atomic E-state index is 0.102. The van der Waals surface area contributed by atoms with Crippen LogP contribution in [0.5, 0.6) is 5.75 Å². The van der Waals surface area contributed by atoms with Crippen molar-refractivity contribution in [3.8, 4) is 5.75 Å². The molecule has 2 aromatic rings. The van der Waals surface area contributed by atoms with E-state index in [1.165, 1.54) is 6.07 Å². The predicted molar refractivity (Wildman–Crippen MR) is 71.2 cm³/mol. The van der Waals surface area contributed by atoms with Gasteiger partial charge in [0, 0.05) is 5.56 Å². The minimum atomic E-state index is -0.388. The van der Waals surface area contributed by atoms with Gasteiger partial charge in [0.1, 0.15) is 18.2 Å². The smallest absolute Gasteiger partial charge is 0.129 e. The van der Waals surface area contributed by atoms with E-state index in [0.29, 0.717) is 11.3 Å². The molecule has 4 heteroatoms. The molecule has 0 spiro atoms. The molecule has 2 aromatic carbocycles. The monoisotopic (exact) mass is 261 g/mol. The molecular weight excluding hydrogens is 245 g/mol. The lowest BCUT2D eigenvalue weighted by Crippen LogP contribution is -2.14. The van der Waals surface area contributed by atoms with E-state index in [0.717, 1.165) is 5.56 Å². The van der Waals surface area contributed by atoms with Crippen LogP contribution in [0.4, 0.5) is 4.39 Å². The van der Waals surface area contributed by atoms with Crippen molar-refractivity contribution < 1.29 is 14.2 Å². The van der Waals surface area contributed by atoms with Crippen LogP contribution < -0.4 is 10.5 Å². The first kappa shape index (κ1) is 13.5. The van der Waals surface area contributed by atoms with E-state index >= 15 is 0 Å². The van der Waals surface area contributed by atoms with E-state index in [4.69, 9.17) is 15.6 Å². The van der Waals surface area contributed by atoms with Crippen LogP contribution in [-0.2, 0) is 6.61 Å². The average Bonchev–Trinajstić information content (AvgIpc) is 2.46. The van der Waals surface area contributed by atoms with Crippen LogP contribution in [0.3, 0.4) is 0 Å². The van der Waals surface area contributed by atoms with Crippen molar-refractivity contribution in [2.24, 2.45) is 5.73 Å². The molecule has 0 aliphatic rings. The third kappa shape index (κ3) is 3.53. The molecule has 2 rings (SSSR count). The molecule has 0 heterocycles. The topological polar surface area (TPSA) is 55.5 Å². The van der Waals surface area contributed by atoms with Crippen molar-refractivity contribution in [1.29, 1.82) is 0 Å². The Labute approximate surface area is 111 Å². The summed E-state index contributed by atoms with van der Waals surface area (Å²) >= 11 is 0. The zero-order chi connectivity index (χ0) is 13.7. The Morgan fingerprint density at radius 3 is 2.42 bits per heavy atom. The van der Waals surface area contributed by atoms with Gasteiger partial charge in [-0.25, -0.2) is 4.39 Å². The molecule has 0 aliphatic heterocycles. The Balaban J connectivity index is 1.99. The van der Waals surface area contributed by atoms with E-state index in [1.807, 2.05) is 0 Å². The van der Waals surface area contributed by atoms with Gasteiger partial charge in [0.25, 0.3) is 0 Å². The summed E-state index contributed by atoms with van der Waals surface area (Å²) in [6.45, 7) is 0.0769. The third-order valence-electron chi connectivity index (χ3n) is 2.86. The number of benzene rings is 2. The number of hydrogen-bond donors (Lipinski definition) is 2. The van der Waals surface area contributed by atoms with Crippen LogP contribution in [0.1, 0.15) is 17.2 Å². The highest BCUT2D eigenvalue weighted by molar-refractivity contribution is 5.29. The quantitative estimate of drug-likeness (QED) is 0.869. The second kappa shape index (κ2) is 6.31. The summed E-state index contributed by atoms with van der Waals surface area (Å²) in [7, 11) is 0. The molecule has 19 heavy (non-hydrogen) atoms. The number of aliphatic hydroxyl groups excluding tert-OH is 1. The van der Waals surface area contributed by atoms with Crippen LogP contribution in [0, 0.1) is 5.82 Å². The van der Waals surface area contributed by atoms with Gasteiger partial charge >= 0.3 is 0 Å². The second-order valence-electron chi connectivity index (χ2n) is 4.24. The van der Waals surface area contributed by atoms with Crippen molar-refractivity contribution >= 4 is 0 Å². The SMILES string of the molecule is NC(CO)c1ccc(OCc2ccccc2F)cc1. The average molecular weight is 261 g/mol. The lowest BCUT2D eigenvalue weighted by Gasteiger charge is -2.10. The molecule has 1 unspecified atom stereocenters. The first-order chi connectivity index (χ1) is 9.20. The Morgan fingerprint density at radius 2 is 1.79 bits per heavy atom. The van der Waals surface area contributed by atoms with Gasteiger partial charge in [0.2, 0.25) is 0 Å². The highest BCUT2D eigenvalue weighted by Crippen LogP contribution is 2.18. The Morgan fingerprint density at radius 1 is 1.11 bits per heavy atom. The molecular formula is C15H16FNO2. The Bertz CT molecular complexity index is 528. The molecule has 0 fully saturated rings. The number of rotatable bonds is 5. The van der Waals surface area contributed by atoms with Gasteiger partial charge in [-0.1, -0.05) is 30.3 Å². The summed E-state index contributed by atoms with van der Waals surface area (Å²) in [4.78, 5) is 0. The van der Waals surface area contributed by atoms with Crippen molar-refractivity contribution in [3.63, 3.8) is 0 Å². The molecule has 0 amide bonds. The Hall–Kier alpha value is -1.91. The van der Waals surface area contributed by atoms with Gasteiger partial charge in [-0.15, -0.1) is 0 Å². The van der Waals surface area contributed by atoms with Gasteiger partial charge < -0.3 is 15.6 Å². The molecule has 0 bridgehead atoms. The molecule has 100 valence electrons. The highest BCUT2D eigenvalue weighted by Gasteiger charge is 2.05. The summed E-state index contributed by atoms with van der Waals surface area (Å²) in [5.41, 5.74) is 7.04. The molecule has 3 N–H and O–H groups in total. The molecule has 0 saturated heterocycles. The van der Waals surface area contributed by atoms with Crippen LogP contribution in [0.25, 0.3) is 0 Å². The maximum absolute atomic E-state index is 13.4. The van der Waals surface area contributed by atoms with E-state index in [2.05, 4.69) is 0 Å². The van der Waals surface area contributed by atoms with E-state index < -0.39 is 0 Å². The summed E-state index contributed by atoms with van der Waals surface area (Å²) in [6.07, 6.45) is 0. The van der Waals surface area contributed by atoms with Gasteiger partial charge in [-0.2, -0.15) is 0 Å². The number of halogens is 1. The zero-order valence-electron chi connectivity index (χ0n) is 10.4. The van der Waals surface area contributed by atoms with Crippen LogP contribution in [-0.4, -0.2) is 11.7 Å².